The number of unbranched alkanes of at least 4 members (excludes halogenated alkanes) is 2. The van der Waals surface area contributed by atoms with E-state index in [4.69, 9.17) is 9.47 Å². The van der Waals surface area contributed by atoms with Crippen molar-refractivity contribution >= 4 is 6.09 Å². The third kappa shape index (κ3) is 6.74. The van der Waals surface area contributed by atoms with Gasteiger partial charge in [0.2, 0.25) is 0 Å². The third-order valence-electron chi connectivity index (χ3n) is 4.55. The van der Waals surface area contributed by atoms with Gasteiger partial charge in [-0.2, -0.15) is 0 Å². The lowest BCUT2D eigenvalue weighted by Crippen LogP contribution is -2.27. The molecule has 0 fully saturated rings. The second kappa shape index (κ2) is 10.4. The Hall–Kier alpha value is -2.23. The molecule has 0 unspecified atom stereocenters. The zero-order chi connectivity index (χ0) is 20.6. The first-order valence-corrected chi connectivity index (χ1v) is 10.5. The molecule has 0 atom stereocenters. The molecule has 0 aliphatic rings. The largest absolute Gasteiger partial charge is 0.490 e. The van der Waals surface area contributed by atoms with E-state index in [0.717, 1.165) is 29.8 Å². The molecule has 4 heteroatoms. The van der Waals surface area contributed by atoms with Crippen LogP contribution in [0.5, 0.6) is 5.75 Å². The van der Waals surface area contributed by atoms with Crippen LogP contribution < -0.4 is 4.74 Å². The second-order valence-electron chi connectivity index (χ2n) is 8.29. The van der Waals surface area contributed by atoms with Crippen molar-refractivity contribution in [3.8, 4) is 17.0 Å². The van der Waals surface area contributed by atoms with Crippen molar-refractivity contribution in [2.24, 2.45) is 0 Å². The number of ether oxygens (including phenoxy) is 2. The molecule has 0 saturated heterocycles. The predicted molar refractivity (Wildman–Crippen MR) is 115 cm³/mol. The van der Waals surface area contributed by atoms with Crippen LogP contribution in [-0.2, 0) is 4.74 Å². The Morgan fingerprint density at radius 3 is 2.14 bits per heavy atom. The molecular weight excluding hydrogens is 350 g/mol. The van der Waals surface area contributed by atoms with Crippen LogP contribution >= 0.6 is 0 Å². The summed E-state index contributed by atoms with van der Waals surface area (Å²) in [7, 11) is 0. The van der Waals surface area contributed by atoms with Crippen LogP contribution in [0.1, 0.15) is 73.1 Å². The number of carbonyl (C=O) groups excluding carboxylic acids is 1. The lowest BCUT2D eigenvalue weighted by atomic mass is 10.1. The Morgan fingerprint density at radius 1 is 1.00 bits per heavy atom. The normalized spacial score (nSPS) is 11.6. The maximum absolute atomic E-state index is 12.4. The van der Waals surface area contributed by atoms with Gasteiger partial charge in [0.25, 0.3) is 0 Å². The van der Waals surface area contributed by atoms with Crippen molar-refractivity contribution in [2.75, 3.05) is 0 Å². The summed E-state index contributed by atoms with van der Waals surface area (Å²) in [5.74, 6) is 0.885. The highest BCUT2D eigenvalue weighted by Gasteiger charge is 2.20. The molecule has 0 aliphatic carbocycles. The molecule has 0 bridgehead atoms. The van der Waals surface area contributed by atoms with Crippen LogP contribution in [0.2, 0.25) is 0 Å². The first-order chi connectivity index (χ1) is 13.3. The van der Waals surface area contributed by atoms with Crippen LogP contribution in [0, 0.1) is 0 Å². The van der Waals surface area contributed by atoms with Gasteiger partial charge in [-0.1, -0.05) is 39.5 Å². The van der Waals surface area contributed by atoms with Crippen LogP contribution in [-0.4, -0.2) is 22.4 Å². The van der Waals surface area contributed by atoms with Gasteiger partial charge in [-0.15, -0.1) is 0 Å². The number of nitrogens with zero attached hydrogens (tertiary/aromatic N) is 1. The summed E-state index contributed by atoms with van der Waals surface area (Å²) in [6.45, 7) is 10.0. The molecular formula is C24H35NO3. The summed E-state index contributed by atoms with van der Waals surface area (Å²) < 4.78 is 13.3. The van der Waals surface area contributed by atoms with E-state index in [-0.39, 0.29) is 12.2 Å². The summed E-state index contributed by atoms with van der Waals surface area (Å²) >= 11 is 0. The van der Waals surface area contributed by atoms with Crippen LogP contribution in [0.25, 0.3) is 11.3 Å². The van der Waals surface area contributed by atoms with E-state index in [1.165, 1.54) is 25.7 Å². The second-order valence-corrected chi connectivity index (χ2v) is 8.29. The van der Waals surface area contributed by atoms with Gasteiger partial charge in [0, 0.05) is 6.20 Å². The van der Waals surface area contributed by atoms with Crippen LogP contribution in [0.3, 0.4) is 0 Å². The summed E-state index contributed by atoms with van der Waals surface area (Å²) in [5, 5.41) is 0. The average molecular weight is 386 g/mol. The van der Waals surface area contributed by atoms with Gasteiger partial charge in [-0.3, -0.25) is 4.57 Å². The standard InChI is InChI=1S/C24H35NO3/c1-6-8-11-20(12-9-7-2)27-21-16-14-19(15-17-21)22-13-10-18-25(22)23(26)28-24(3,4)5/h10,13-18,20H,6-9,11-12H2,1-5H3. The van der Waals surface area contributed by atoms with E-state index in [1.807, 2.05) is 57.2 Å². The third-order valence-corrected chi connectivity index (χ3v) is 4.55. The minimum absolute atomic E-state index is 0.274. The molecule has 0 spiro atoms. The van der Waals surface area contributed by atoms with Crippen molar-refractivity contribution in [1.82, 2.24) is 4.57 Å². The molecule has 1 aromatic heterocycles. The Balaban J connectivity index is 2.10. The minimum Gasteiger partial charge on any atom is -0.490 e. The number of rotatable bonds is 9. The van der Waals surface area contributed by atoms with Crippen molar-refractivity contribution in [2.45, 2.75) is 84.8 Å². The fraction of sp³-hybridized carbons (Fsp3) is 0.542. The molecule has 0 radical (unpaired) electrons. The quantitative estimate of drug-likeness (QED) is 0.463. The molecule has 1 aromatic carbocycles. The fourth-order valence-electron chi connectivity index (χ4n) is 3.11. The highest BCUT2D eigenvalue weighted by molar-refractivity contribution is 5.78. The predicted octanol–water partition coefficient (Wildman–Crippen LogP) is 7.07. The first-order valence-electron chi connectivity index (χ1n) is 10.5. The highest BCUT2D eigenvalue weighted by Crippen LogP contribution is 2.26. The van der Waals surface area contributed by atoms with Gasteiger partial charge in [0.15, 0.2) is 0 Å². The number of benzene rings is 1. The molecule has 0 amide bonds. The van der Waals surface area contributed by atoms with Crippen LogP contribution in [0.15, 0.2) is 42.6 Å². The topological polar surface area (TPSA) is 40.5 Å². The zero-order valence-corrected chi connectivity index (χ0v) is 18.0. The smallest absolute Gasteiger partial charge is 0.418 e. The lowest BCUT2D eigenvalue weighted by molar-refractivity contribution is 0.0540. The summed E-state index contributed by atoms with van der Waals surface area (Å²) in [5.41, 5.74) is 1.25. The maximum Gasteiger partial charge on any atom is 0.418 e. The number of hydrogen-bond donors (Lipinski definition) is 0. The first kappa shape index (κ1) is 22.1. The molecule has 2 aromatic rings. The Bertz CT molecular complexity index is 717. The van der Waals surface area contributed by atoms with Crippen molar-refractivity contribution in [1.29, 1.82) is 0 Å². The van der Waals surface area contributed by atoms with Gasteiger partial charge < -0.3 is 9.47 Å². The molecule has 0 aliphatic heterocycles. The summed E-state index contributed by atoms with van der Waals surface area (Å²) in [4.78, 5) is 12.4. The lowest BCUT2D eigenvalue weighted by Gasteiger charge is -2.21. The molecule has 154 valence electrons. The molecule has 2 rings (SSSR count). The van der Waals surface area contributed by atoms with Gasteiger partial charge in [0.1, 0.15) is 11.4 Å². The SMILES string of the molecule is CCCCC(CCCC)Oc1ccc(-c2cccn2C(=O)OC(C)(C)C)cc1. The van der Waals surface area contributed by atoms with Crippen molar-refractivity contribution < 1.29 is 14.3 Å². The van der Waals surface area contributed by atoms with Crippen molar-refractivity contribution in [3.05, 3.63) is 42.6 Å². The van der Waals surface area contributed by atoms with E-state index in [2.05, 4.69) is 13.8 Å². The minimum atomic E-state index is -0.525. The average Bonchev–Trinajstić information content (AvgIpc) is 3.13. The number of aromatic nitrogens is 1. The fourth-order valence-corrected chi connectivity index (χ4v) is 3.11. The van der Waals surface area contributed by atoms with Gasteiger partial charge in [-0.25, -0.2) is 4.79 Å². The Kier molecular flexibility index (Phi) is 8.16. The molecule has 28 heavy (non-hydrogen) atoms. The van der Waals surface area contributed by atoms with E-state index in [0.29, 0.717) is 0 Å². The van der Waals surface area contributed by atoms with Gasteiger partial charge in [-0.05, 0) is 75.6 Å². The van der Waals surface area contributed by atoms with Gasteiger partial charge in [0.05, 0.1) is 11.8 Å². The monoisotopic (exact) mass is 385 g/mol. The maximum atomic E-state index is 12.4. The number of hydrogen-bond acceptors (Lipinski definition) is 3. The van der Waals surface area contributed by atoms with E-state index in [1.54, 1.807) is 10.8 Å². The molecule has 0 saturated carbocycles. The molecule has 4 nitrogen and oxygen atoms in total. The van der Waals surface area contributed by atoms with Crippen LogP contribution in [0.4, 0.5) is 4.79 Å². The highest BCUT2D eigenvalue weighted by atomic mass is 16.6. The van der Waals surface area contributed by atoms with E-state index >= 15 is 0 Å². The van der Waals surface area contributed by atoms with E-state index < -0.39 is 5.60 Å². The van der Waals surface area contributed by atoms with Crippen molar-refractivity contribution in [3.63, 3.8) is 0 Å². The molecule has 0 N–H and O–H groups in total. The van der Waals surface area contributed by atoms with E-state index in [9.17, 15) is 4.79 Å². The summed E-state index contributed by atoms with van der Waals surface area (Å²) in [6, 6.07) is 11.8. The Labute approximate surface area is 169 Å². The number of carbonyl (C=O) groups is 1. The Morgan fingerprint density at radius 2 is 1.61 bits per heavy atom. The van der Waals surface area contributed by atoms with Gasteiger partial charge >= 0.3 is 6.09 Å². The molecule has 1 heterocycles. The summed E-state index contributed by atoms with van der Waals surface area (Å²) in [6.07, 6.45) is 8.59. The zero-order valence-electron chi connectivity index (χ0n) is 18.0.